The second-order valence-corrected chi connectivity index (χ2v) is 20.4. The summed E-state index contributed by atoms with van der Waals surface area (Å²) in [6, 6.07) is 0. The number of rotatable bonds is 7. The Morgan fingerprint density at radius 1 is 1.03 bits per heavy atom. The van der Waals surface area contributed by atoms with Crippen molar-refractivity contribution in [2.75, 3.05) is 6.54 Å². The number of carbonyl (C=O) groups excluding carboxylic acids is 2. The minimum absolute atomic E-state index is 0.0653. The summed E-state index contributed by atoms with van der Waals surface area (Å²) in [5.74, 6) is -0.654. The van der Waals surface area contributed by atoms with E-state index in [1.807, 2.05) is 0 Å². The molecule has 1 aliphatic rings. The van der Waals surface area contributed by atoms with Crippen LogP contribution in [-0.4, -0.2) is 58.4 Å². The van der Waals surface area contributed by atoms with Gasteiger partial charge in [0.1, 0.15) is 6.10 Å². The molecule has 6 nitrogen and oxygen atoms in total. The van der Waals surface area contributed by atoms with Crippen molar-refractivity contribution in [2.24, 2.45) is 0 Å². The molecule has 1 unspecified atom stereocenters. The van der Waals surface area contributed by atoms with Crippen LogP contribution in [0.5, 0.6) is 0 Å². The fraction of sp³-hybridized carbons (Fsp3) is 0.810. The third-order valence-corrected chi connectivity index (χ3v) is 15.4. The Kier molecular flexibility index (Phi) is 7.77. The first-order valence-electron chi connectivity index (χ1n) is 10.3. The number of ether oxygens (including phenoxy) is 1. The van der Waals surface area contributed by atoms with Gasteiger partial charge >= 0.3 is 5.97 Å². The molecule has 0 aromatic rings. The molecule has 1 heterocycles. The Morgan fingerprint density at radius 3 is 1.86 bits per heavy atom. The minimum atomic E-state index is -2.28. The Bertz CT molecular complexity index is 634. The lowest BCUT2D eigenvalue weighted by Gasteiger charge is -2.42. The lowest BCUT2D eigenvalue weighted by atomic mass is 10.2. The van der Waals surface area contributed by atoms with Crippen molar-refractivity contribution < 1.29 is 23.2 Å². The monoisotopic (exact) mass is 443 g/mol. The van der Waals surface area contributed by atoms with E-state index in [1.54, 1.807) is 6.08 Å². The molecule has 0 aromatic heterocycles. The van der Waals surface area contributed by atoms with E-state index < -0.39 is 41.0 Å². The maximum Gasteiger partial charge on any atom is 0.304 e. The number of esters is 1. The normalized spacial score (nSPS) is 24.0. The van der Waals surface area contributed by atoms with Gasteiger partial charge in [-0.15, -0.1) is 6.58 Å². The van der Waals surface area contributed by atoms with Crippen molar-refractivity contribution in [3.05, 3.63) is 12.7 Å². The van der Waals surface area contributed by atoms with Crippen molar-refractivity contribution in [2.45, 2.75) is 103 Å². The van der Waals surface area contributed by atoms with Gasteiger partial charge in [0.25, 0.3) is 5.91 Å². The number of carbonyl (C=O) groups is 2. The molecule has 0 radical (unpaired) electrons. The summed E-state index contributed by atoms with van der Waals surface area (Å²) in [7, 11) is -4.54. The van der Waals surface area contributed by atoms with Gasteiger partial charge < -0.3 is 13.6 Å². The molecule has 0 N–H and O–H groups in total. The smallest absolute Gasteiger partial charge is 0.304 e. The molecule has 168 valence electrons. The number of likely N-dealkylation sites (tertiary alicyclic amines) is 1. The Hall–Kier alpha value is -0.966. The second kappa shape index (κ2) is 8.65. The summed E-state index contributed by atoms with van der Waals surface area (Å²) in [5.41, 5.74) is 0. The van der Waals surface area contributed by atoms with Crippen LogP contribution in [0.3, 0.4) is 0 Å². The summed E-state index contributed by atoms with van der Waals surface area (Å²) >= 11 is 0. The average Bonchev–Trinajstić information content (AvgIpc) is 2.70. The van der Waals surface area contributed by atoms with Gasteiger partial charge in [-0.1, -0.05) is 47.6 Å². The van der Waals surface area contributed by atoms with Crippen molar-refractivity contribution in [3.8, 4) is 0 Å². The summed E-state index contributed by atoms with van der Waals surface area (Å²) in [6.07, 6.45) is -0.649. The quantitative estimate of drug-likeness (QED) is 0.325. The number of hydrogen-bond donors (Lipinski definition) is 0. The van der Waals surface area contributed by atoms with E-state index in [1.165, 1.54) is 11.8 Å². The number of hydrogen-bond acceptors (Lipinski definition) is 5. The molecule has 0 bridgehead atoms. The van der Waals surface area contributed by atoms with Gasteiger partial charge in [0.05, 0.1) is 0 Å². The van der Waals surface area contributed by atoms with E-state index in [2.05, 4.69) is 74.3 Å². The van der Waals surface area contributed by atoms with Crippen LogP contribution < -0.4 is 0 Å². The van der Waals surface area contributed by atoms with Crippen LogP contribution in [0, 0.1) is 0 Å². The Morgan fingerprint density at radius 2 is 1.48 bits per heavy atom. The van der Waals surface area contributed by atoms with Crippen LogP contribution >= 0.6 is 0 Å². The third-order valence-electron chi connectivity index (χ3n) is 6.49. The van der Waals surface area contributed by atoms with E-state index in [4.69, 9.17) is 13.6 Å². The molecule has 1 aliphatic heterocycles. The van der Waals surface area contributed by atoms with E-state index >= 15 is 0 Å². The van der Waals surface area contributed by atoms with Crippen LogP contribution in [0.25, 0.3) is 0 Å². The minimum Gasteiger partial charge on any atom is -0.439 e. The van der Waals surface area contributed by atoms with Crippen molar-refractivity contribution in [1.29, 1.82) is 0 Å². The van der Waals surface area contributed by atoms with Crippen molar-refractivity contribution in [3.63, 3.8) is 0 Å². The van der Waals surface area contributed by atoms with Crippen LogP contribution in [0.15, 0.2) is 12.7 Å². The fourth-order valence-electron chi connectivity index (χ4n) is 2.64. The second-order valence-electron chi connectivity index (χ2n) is 10.9. The largest absolute Gasteiger partial charge is 0.439 e. The van der Waals surface area contributed by atoms with Crippen LogP contribution in [0.2, 0.25) is 36.3 Å². The van der Waals surface area contributed by atoms with E-state index in [0.717, 1.165) is 0 Å². The van der Waals surface area contributed by atoms with Gasteiger partial charge in [0.2, 0.25) is 6.23 Å². The SMILES string of the molecule is C=CCN1C(=O)[C@@H](O[Si](C)(C)C(C)(C)C)[C@H](O[Si](C)(C)C(C)(C)C)C1OC(C)=O. The van der Waals surface area contributed by atoms with Gasteiger partial charge in [0.15, 0.2) is 22.7 Å². The lowest BCUT2D eigenvalue weighted by Crippen LogP contribution is -2.54. The predicted molar refractivity (Wildman–Crippen MR) is 122 cm³/mol. The maximum absolute atomic E-state index is 13.4. The third kappa shape index (κ3) is 5.80. The molecular weight excluding hydrogens is 402 g/mol. The number of nitrogens with zero attached hydrogens (tertiary/aromatic N) is 1. The van der Waals surface area contributed by atoms with E-state index in [0.29, 0.717) is 0 Å². The first-order chi connectivity index (χ1) is 12.9. The van der Waals surface area contributed by atoms with E-state index in [-0.39, 0.29) is 22.5 Å². The molecule has 3 atom stereocenters. The summed E-state index contributed by atoms with van der Waals surface area (Å²) < 4.78 is 18.8. The van der Waals surface area contributed by atoms with Crippen LogP contribution in [0.1, 0.15) is 48.5 Å². The highest BCUT2D eigenvalue weighted by Crippen LogP contribution is 2.43. The Balaban J connectivity index is 3.44. The van der Waals surface area contributed by atoms with E-state index in [9.17, 15) is 9.59 Å². The maximum atomic E-state index is 13.4. The fourth-order valence-corrected chi connectivity index (χ4v) is 5.14. The van der Waals surface area contributed by atoms with Crippen LogP contribution in [-0.2, 0) is 23.2 Å². The Labute approximate surface area is 179 Å². The van der Waals surface area contributed by atoms with Crippen LogP contribution in [0.4, 0.5) is 0 Å². The molecule has 8 heteroatoms. The van der Waals surface area contributed by atoms with Crippen molar-refractivity contribution >= 4 is 28.5 Å². The number of amides is 1. The molecule has 0 saturated carbocycles. The van der Waals surface area contributed by atoms with Gasteiger partial charge in [-0.3, -0.25) is 14.5 Å². The summed E-state index contributed by atoms with van der Waals surface area (Å²) in [6.45, 7) is 26.7. The standard InChI is InChI=1S/C21H41NO5Si2/c1-13-14-22-18(24)16(26-28(9,10)20(3,4)5)17(19(22)25-15(2)23)27-29(11,12)21(6,7)8/h13,16-17,19H,1,14H2,2-12H3/t16-,17-,19?/m0/s1. The highest BCUT2D eigenvalue weighted by molar-refractivity contribution is 6.74. The van der Waals surface area contributed by atoms with Gasteiger partial charge in [-0.2, -0.15) is 0 Å². The first kappa shape index (κ1) is 26.1. The zero-order chi connectivity index (χ0) is 23.0. The topological polar surface area (TPSA) is 65.1 Å². The first-order valence-corrected chi connectivity index (χ1v) is 16.1. The van der Waals surface area contributed by atoms with Gasteiger partial charge in [-0.05, 0) is 36.3 Å². The zero-order valence-electron chi connectivity index (χ0n) is 20.2. The molecular formula is C21H41NO5Si2. The zero-order valence-corrected chi connectivity index (χ0v) is 22.2. The predicted octanol–water partition coefficient (Wildman–Crippen LogP) is 4.68. The summed E-state index contributed by atoms with van der Waals surface area (Å²) in [4.78, 5) is 26.7. The highest BCUT2D eigenvalue weighted by atomic mass is 28.4. The molecule has 0 aliphatic carbocycles. The molecule has 1 fully saturated rings. The van der Waals surface area contributed by atoms with Gasteiger partial charge in [-0.25, -0.2) is 0 Å². The molecule has 1 rings (SSSR count). The summed E-state index contributed by atoms with van der Waals surface area (Å²) in [5, 5.41) is -0.137. The average molecular weight is 444 g/mol. The van der Waals surface area contributed by atoms with Gasteiger partial charge in [0, 0.05) is 13.5 Å². The van der Waals surface area contributed by atoms with Crippen molar-refractivity contribution in [1.82, 2.24) is 4.90 Å². The molecule has 1 amide bonds. The molecule has 29 heavy (non-hydrogen) atoms. The molecule has 0 spiro atoms. The molecule has 1 saturated heterocycles. The highest BCUT2D eigenvalue weighted by Gasteiger charge is 2.56. The lowest BCUT2D eigenvalue weighted by molar-refractivity contribution is -0.162. The molecule has 0 aromatic carbocycles.